The molecular weight excluding hydrogens is 409 g/mol. The molecule has 0 radical (unpaired) electrons. The van der Waals surface area contributed by atoms with Crippen LogP contribution < -0.4 is 0 Å². The maximum absolute atomic E-state index is 14.8. The van der Waals surface area contributed by atoms with Crippen LogP contribution in [-0.4, -0.2) is 61.9 Å². The number of fused-ring (bicyclic) bond motifs is 2. The zero-order valence-corrected chi connectivity index (χ0v) is 16.8. The molecule has 0 spiro atoms. The molecule has 2 N–H and O–H groups in total. The number of amides is 1. The second-order valence-corrected chi connectivity index (χ2v) is 8.44. The highest BCUT2D eigenvalue weighted by atomic mass is 19.3. The van der Waals surface area contributed by atoms with Gasteiger partial charge in [-0.25, -0.2) is 9.07 Å². The molecule has 2 atom stereocenters. The second kappa shape index (κ2) is 7.58. The minimum atomic E-state index is -2.73. The summed E-state index contributed by atoms with van der Waals surface area (Å²) in [5.41, 5.74) is 1.81. The zero-order chi connectivity index (χ0) is 21.7. The number of carbonyl (C=O) groups excluding carboxylic acids is 1. The number of rotatable bonds is 6. The van der Waals surface area contributed by atoms with Crippen molar-refractivity contribution in [2.45, 2.75) is 44.3 Å². The molecule has 1 amide bonds. The van der Waals surface area contributed by atoms with Gasteiger partial charge in [0, 0.05) is 54.6 Å². The number of carbonyl (C=O) groups is 1. The van der Waals surface area contributed by atoms with Gasteiger partial charge >= 0.3 is 6.55 Å². The molecule has 5 rings (SSSR count). The maximum atomic E-state index is 14.8. The molecule has 2 aliphatic heterocycles. The number of nitrogens with zero attached hydrogens (tertiary/aromatic N) is 4. The molecule has 4 heterocycles. The maximum Gasteiger partial charge on any atom is 0.333 e. The number of H-pyrrole nitrogens is 1. The number of allylic oxidation sites excluding steroid dienone is 1. The number of hydrogen-bond donors (Lipinski definition) is 2. The summed E-state index contributed by atoms with van der Waals surface area (Å²) in [4.78, 5) is 19.6. The number of aromatic amines is 1. The average Bonchev–Trinajstić information content (AvgIpc) is 3.17. The van der Waals surface area contributed by atoms with Gasteiger partial charge in [-0.1, -0.05) is 0 Å². The lowest BCUT2D eigenvalue weighted by molar-refractivity contribution is -0.137. The minimum absolute atomic E-state index is 0.0408. The molecule has 1 saturated carbocycles. The van der Waals surface area contributed by atoms with Crippen LogP contribution in [0.25, 0.3) is 16.8 Å². The molecule has 2 bridgehead atoms. The molecule has 10 heteroatoms. The fourth-order valence-electron chi connectivity index (χ4n) is 4.80. The van der Waals surface area contributed by atoms with Crippen molar-refractivity contribution < 1.29 is 18.0 Å². The van der Waals surface area contributed by atoms with Crippen molar-refractivity contribution in [3.63, 3.8) is 0 Å². The van der Waals surface area contributed by atoms with Crippen molar-refractivity contribution in [2.24, 2.45) is 5.92 Å². The molecular formula is C21H23F3N6O. The van der Waals surface area contributed by atoms with Gasteiger partial charge in [0.2, 0.25) is 5.91 Å². The van der Waals surface area contributed by atoms with E-state index in [9.17, 15) is 18.0 Å². The third-order valence-electron chi connectivity index (χ3n) is 6.41. The molecule has 1 aliphatic carbocycles. The standard InChI is InChI=1S/C21H23F3N6O/c22-17(6-25)19(18-5-13(7-26-18)14-8-27-29(9-14)21(23)24)28-10-15-3-4-16(11-28)30(15)20(31)12-1-2-12/h5-9,12,15-16,21,25-26H,1-4,10-11H2/b19-17-,25-6?. The van der Waals surface area contributed by atoms with E-state index in [4.69, 9.17) is 5.41 Å². The fourth-order valence-corrected chi connectivity index (χ4v) is 4.80. The summed E-state index contributed by atoms with van der Waals surface area (Å²) in [6, 6.07) is 1.76. The first kappa shape index (κ1) is 19.9. The number of alkyl halides is 2. The summed E-state index contributed by atoms with van der Waals surface area (Å²) in [5, 5.41) is 11.1. The molecule has 2 aromatic rings. The number of hydrogen-bond acceptors (Lipinski definition) is 4. The van der Waals surface area contributed by atoms with Crippen LogP contribution in [0.15, 0.2) is 30.5 Å². The molecule has 0 aromatic carbocycles. The normalized spacial score (nSPS) is 24.0. The van der Waals surface area contributed by atoms with Crippen LogP contribution in [0.1, 0.15) is 37.9 Å². The molecule has 3 fully saturated rings. The van der Waals surface area contributed by atoms with Crippen LogP contribution in [-0.2, 0) is 4.79 Å². The topological polar surface area (TPSA) is 81.0 Å². The lowest BCUT2D eigenvalue weighted by Gasteiger charge is -2.43. The van der Waals surface area contributed by atoms with Crippen LogP contribution in [0.3, 0.4) is 0 Å². The first-order valence-electron chi connectivity index (χ1n) is 10.4. The molecule has 3 aliphatic rings. The number of piperazine rings is 1. The minimum Gasteiger partial charge on any atom is -0.363 e. The van der Waals surface area contributed by atoms with Gasteiger partial charge in [0.1, 0.15) is 0 Å². The van der Waals surface area contributed by atoms with Gasteiger partial charge in [-0.2, -0.15) is 13.9 Å². The van der Waals surface area contributed by atoms with Crippen LogP contribution in [0, 0.1) is 11.3 Å². The van der Waals surface area contributed by atoms with E-state index in [0.717, 1.165) is 25.7 Å². The SMILES string of the molecule is N=C/C(F)=C(\c1cc(-c2cnn(C(F)F)c2)c[nH]1)N1CC2CCC(C1)N2C(=O)C1CC1. The average molecular weight is 432 g/mol. The van der Waals surface area contributed by atoms with Gasteiger partial charge in [0.05, 0.1) is 23.8 Å². The highest BCUT2D eigenvalue weighted by Gasteiger charge is 2.47. The van der Waals surface area contributed by atoms with E-state index in [1.165, 1.54) is 12.4 Å². The number of halogens is 3. The lowest BCUT2D eigenvalue weighted by Crippen LogP contribution is -2.55. The van der Waals surface area contributed by atoms with E-state index in [1.807, 2.05) is 9.80 Å². The fraction of sp³-hybridized carbons (Fsp3) is 0.476. The Hall–Kier alpha value is -3.04. The van der Waals surface area contributed by atoms with Crippen LogP contribution in [0.5, 0.6) is 0 Å². The Bertz CT molecular complexity index is 1030. The molecule has 2 saturated heterocycles. The van der Waals surface area contributed by atoms with Gasteiger partial charge in [0.25, 0.3) is 0 Å². The largest absolute Gasteiger partial charge is 0.363 e. The van der Waals surface area contributed by atoms with Gasteiger partial charge < -0.3 is 20.2 Å². The van der Waals surface area contributed by atoms with Gasteiger partial charge in [-0.15, -0.1) is 0 Å². The van der Waals surface area contributed by atoms with E-state index < -0.39 is 12.4 Å². The van der Waals surface area contributed by atoms with Gasteiger partial charge in [0.15, 0.2) is 5.83 Å². The van der Waals surface area contributed by atoms with Crippen LogP contribution in [0.4, 0.5) is 13.2 Å². The number of nitrogens with one attached hydrogen (secondary N) is 2. The van der Waals surface area contributed by atoms with Crippen molar-refractivity contribution >= 4 is 17.8 Å². The third kappa shape index (κ3) is 3.53. The Kier molecular flexibility index (Phi) is 4.86. The Morgan fingerprint density at radius 1 is 1.19 bits per heavy atom. The van der Waals surface area contributed by atoms with Crippen LogP contribution >= 0.6 is 0 Å². The molecule has 164 valence electrons. The van der Waals surface area contributed by atoms with Crippen molar-refractivity contribution in [2.75, 3.05) is 13.1 Å². The highest BCUT2D eigenvalue weighted by Crippen LogP contribution is 2.40. The van der Waals surface area contributed by atoms with E-state index in [1.54, 1.807) is 12.3 Å². The summed E-state index contributed by atoms with van der Waals surface area (Å²) < 4.78 is 41.0. The summed E-state index contributed by atoms with van der Waals surface area (Å²) >= 11 is 0. The first-order chi connectivity index (χ1) is 15.0. The predicted octanol–water partition coefficient (Wildman–Crippen LogP) is 3.65. The summed E-state index contributed by atoms with van der Waals surface area (Å²) in [7, 11) is 0. The van der Waals surface area contributed by atoms with E-state index >= 15 is 0 Å². The van der Waals surface area contributed by atoms with Gasteiger partial charge in [-0.3, -0.25) is 4.79 Å². The summed E-state index contributed by atoms with van der Waals surface area (Å²) in [6.45, 7) is -1.73. The molecule has 7 nitrogen and oxygen atoms in total. The Morgan fingerprint density at radius 3 is 2.48 bits per heavy atom. The predicted molar refractivity (Wildman–Crippen MR) is 108 cm³/mol. The molecule has 2 aromatic heterocycles. The van der Waals surface area contributed by atoms with E-state index in [-0.39, 0.29) is 29.6 Å². The van der Waals surface area contributed by atoms with E-state index in [0.29, 0.717) is 40.8 Å². The van der Waals surface area contributed by atoms with Crippen molar-refractivity contribution in [3.8, 4) is 11.1 Å². The quantitative estimate of drug-likeness (QED) is 0.684. The van der Waals surface area contributed by atoms with Gasteiger partial charge in [-0.05, 0) is 31.7 Å². The Morgan fingerprint density at radius 2 is 1.90 bits per heavy atom. The highest BCUT2D eigenvalue weighted by molar-refractivity contribution is 5.87. The van der Waals surface area contributed by atoms with Crippen LogP contribution in [0.2, 0.25) is 0 Å². The zero-order valence-electron chi connectivity index (χ0n) is 16.8. The summed E-state index contributed by atoms with van der Waals surface area (Å²) in [5.74, 6) is -0.301. The monoisotopic (exact) mass is 432 g/mol. The summed E-state index contributed by atoms with van der Waals surface area (Å²) in [6.07, 6.45) is 8.55. The first-order valence-corrected chi connectivity index (χ1v) is 10.4. The number of aromatic nitrogens is 3. The third-order valence-corrected chi connectivity index (χ3v) is 6.41. The lowest BCUT2D eigenvalue weighted by atomic mass is 10.1. The smallest absolute Gasteiger partial charge is 0.333 e. The Balaban J connectivity index is 1.41. The molecule has 2 unspecified atom stereocenters. The van der Waals surface area contributed by atoms with Crippen molar-refractivity contribution in [1.82, 2.24) is 24.6 Å². The van der Waals surface area contributed by atoms with Crippen molar-refractivity contribution in [1.29, 1.82) is 5.41 Å². The van der Waals surface area contributed by atoms with E-state index in [2.05, 4.69) is 10.1 Å². The second-order valence-electron chi connectivity index (χ2n) is 8.44. The van der Waals surface area contributed by atoms with Crippen molar-refractivity contribution in [3.05, 3.63) is 36.2 Å². The number of likely N-dealkylation sites (tertiary alicyclic amines) is 1. The Labute approximate surface area is 177 Å². The molecule has 31 heavy (non-hydrogen) atoms.